The van der Waals surface area contributed by atoms with E-state index in [1.54, 1.807) is 24.5 Å². The van der Waals surface area contributed by atoms with E-state index in [0.29, 0.717) is 18.8 Å². The molecule has 0 atom stereocenters. The van der Waals surface area contributed by atoms with Crippen LogP contribution in [0.4, 0.5) is 5.69 Å². The van der Waals surface area contributed by atoms with Crippen LogP contribution in [-0.2, 0) is 23.1 Å². The Morgan fingerprint density at radius 2 is 2.10 bits per heavy atom. The molecule has 20 heavy (non-hydrogen) atoms. The first-order valence-corrected chi connectivity index (χ1v) is 7.78. The van der Waals surface area contributed by atoms with Crippen molar-refractivity contribution in [3.8, 4) is 0 Å². The molecule has 0 saturated carbocycles. The van der Waals surface area contributed by atoms with Gasteiger partial charge in [0.1, 0.15) is 4.90 Å². The number of anilines is 1. The van der Waals surface area contributed by atoms with Crippen LogP contribution in [0.2, 0.25) is 0 Å². The van der Waals surface area contributed by atoms with E-state index in [1.165, 1.54) is 6.20 Å². The minimum Gasteiger partial charge on any atom is -0.349 e. The fraction of sp³-hybridized carbons (Fsp3) is 0.308. The van der Waals surface area contributed by atoms with Crippen molar-refractivity contribution in [2.75, 3.05) is 4.72 Å². The molecule has 0 amide bonds. The zero-order valence-electron chi connectivity index (χ0n) is 11.5. The number of aromatic nitrogens is 2. The second-order valence-electron chi connectivity index (χ2n) is 4.51. The third kappa shape index (κ3) is 3.00. The highest BCUT2D eigenvalue weighted by molar-refractivity contribution is 7.92. The summed E-state index contributed by atoms with van der Waals surface area (Å²) < 4.78 is 29.0. The van der Waals surface area contributed by atoms with E-state index in [1.807, 2.05) is 18.4 Å². The van der Waals surface area contributed by atoms with Crippen molar-refractivity contribution in [3.63, 3.8) is 0 Å². The van der Waals surface area contributed by atoms with Crippen molar-refractivity contribution in [1.29, 1.82) is 0 Å². The second kappa shape index (κ2) is 5.64. The second-order valence-corrected chi connectivity index (χ2v) is 6.20. The maximum Gasteiger partial charge on any atom is 0.263 e. The summed E-state index contributed by atoms with van der Waals surface area (Å²) >= 11 is 0. The van der Waals surface area contributed by atoms with Gasteiger partial charge in [-0.05, 0) is 31.5 Å². The first-order valence-electron chi connectivity index (χ1n) is 6.30. The predicted molar refractivity (Wildman–Crippen MR) is 77.8 cm³/mol. The van der Waals surface area contributed by atoms with Crippen LogP contribution in [0.3, 0.4) is 0 Å². The minimum atomic E-state index is -3.62. The van der Waals surface area contributed by atoms with Gasteiger partial charge in [0.15, 0.2) is 0 Å². The fourth-order valence-electron chi connectivity index (χ4n) is 1.96. The van der Waals surface area contributed by atoms with Crippen LogP contribution >= 0.6 is 0 Å². The zero-order chi connectivity index (χ0) is 14.8. The van der Waals surface area contributed by atoms with Crippen LogP contribution < -0.4 is 10.5 Å². The molecule has 0 spiro atoms. The minimum absolute atomic E-state index is 0.210. The van der Waals surface area contributed by atoms with Gasteiger partial charge in [-0.15, -0.1) is 0 Å². The first kappa shape index (κ1) is 14.5. The molecule has 0 radical (unpaired) electrons. The molecule has 2 aromatic heterocycles. The Balaban J connectivity index is 2.33. The van der Waals surface area contributed by atoms with E-state index in [9.17, 15) is 8.42 Å². The lowest BCUT2D eigenvalue weighted by Gasteiger charge is -2.06. The highest BCUT2D eigenvalue weighted by Crippen LogP contribution is 2.18. The van der Waals surface area contributed by atoms with Crippen molar-refractivity contribution >= 4 is 15.7 Å². The monoisotopic (exact) mass is 294 g/mol. The molecule has 0 aliphatic carbocycles. The van der Waals surface area contributed by atoms with Gasteiger partial charge in [-0.25, -0.2) is 8.42 Å². The van der Waals surface area contributed by atoms with E-state index in [-0.39, 0.29) is 4.90 Å². The molecule has 2 aromatic rings. The quantitative estimate of drug-likeness (QED) is 0.873. The van der Waals surface area contributed by atoms with E-state index < -0.39 is 10.0 Å². The third-order valence-corrected chi connectivity index (χ3v) is 4.30. The lowest BCUT2D eigenvalue weighted by atomic mass is 10.3. The number of pyridine rings is 1. The van der Waals surface area contributed by atoms with E-state index in [4.69, 9.17) is 5.73 Å². The highest BCUT2D eigenvalue weighted by Gasteiger charge is 2.18. The smallest absolute Gasteiger partial charge is 0.263 e. The average Bonchev–Trinajstić information content (AvgIpc) is 2.82. The van der Waals surface area contributed by atoms with Gasteiger partial charge in [0, 0.05) is 31.2 Å². The maximum absolute atomic E-state index is 12.3. The molecular weight excluding hydrogens is 276 g/mol. The molecule has 0 aliphatic rings. The van der Waals surface area contributed by atoms with Gasteiger partial charge in [0.2, 0.25) is 0 Å². The van der Waals surface area contributed by atoms with Gasteiger partial charge in [-0.2, -0.15) is 0 Å². The Labute approximate surface area is 118 Å². The molecule has 2 rings (SSSR count). The maximum atomic E-state index is 12.3. The van der Waals surface area contributed by atoms with Crippen LogP contribution in [0.25, 0.3) is 0 Å². The van der Waals surface area contributed by atoms with Gasteiger partial charge >= 0.3 is 0 Å². The van der Waals surface area contributed by atoms with E-state index in [0.717, 1.165) is 11.3 Å². The number of nitrogens with two attached hydrogens (primary N) is 1. The van der Waals surface area contributed by atoms with Crippen molar-refractivity contribution in [2.45, 2.75) is 31.8 Å². The van der Waals surface area contributed by atoms with Crippen LogP contribution in [0, 0.1) is 6.92 Å². The van der Waals surface area contributed by atoms with Crippen LogP contribution in [0.1, 0.15) is 18.2 Å². The number of hydrogen-bond acceptors (Lipinski definition) is 4. The van der Waals surface area contributed by atoms with E-state index >= 15 is 0 Å². The Morgan fingerprint density at radius 3 is 2.65 bits per heavy atom. The van der Waals surface area contributed by atoms with Crippen molar-refractivity contribution in [1.82, 2.24) is 9.55 Å². The van der Waals surface area contributed by atoms with Crippen LogP contribution in [0.15, 0.2) is 35.6 Å². The van der Waals surface area contributed by atoms with Crippen LogP contribution in [-0.4, -0.2) is 18.0 Å². The molecule has 6 nitrogen and oxygen atoms in total. The summed E-state index contributed by atoms with van der Waals surface area (Å²) in [6, 6.07) is 3.32. The number of rotatable bonds is 5. The Hall–Kier alpha value is -1.86. The lowest BCUT2D eigenvalue weighted by molar-refractivity contribution is 0.600. The predicted octanol–water partition coefficient (Wildman–Crippen LogP) is 1.47. The summed E-state index contributed by atoms with van der Waals surface area (Å²) in [6.07, 6.45) is 4.73. The topological polar surface area (TPSA) is 90.0 Å². The molecule has 0 aliphatic heterocycles. The van der Waals surface area contributed by atoms with Gasteiger partial charge < -0.3 is 10.3 Å². The molecule has 0 bridgehead atoms. The number of hydrogen-bond donors (Lipinski definition) is 2. The normalized spacial score (nSPS) is 11.6. The zero-order valence-corrected chi connectivity index (χ0v) is 12.3. The Morgan fingerprint density at radius 1 is 1.35 bits per heavy atom. The van der Waals surface area contributed by atoms with Gasteiger partial charge in [0.05, 0.1) is 11.9 Å². The van der Waals surface area contributed by atoms with Crippen molar-refractivity contribution < 1.29 is 8.42 Å². The van der Waals surface area contributed by atoms with E-state index in [2.05, 4.69) is 9.71 Å². The summed E-state index contributed by atoms with van der Waals surface area (Å²) in [5, 5.41) is 0. The number of nitrogens with zero attached hydrogens (tertiary/aromatic N) is 2. The number of sulfonamides is 1. The fourth-order valence-corrected chi connectivity index (χ4v) is 3.06. The summed E-state index contributed by atoms with van der Waals surface area (Å²) in [5.74, 6) is 0. The molecule has 2 heterocycles. The Kier molecular flexibility index (Phi) is 4.10. The van der Waals surface area contributed by atoms with Crippen LogP contribution in [0.5, 0.6) is 0 Å². The summed E-state index contributed by atoms with van der Waals surface area (Å²) in [6.45, 7) is 4.77. The van der Waals surface area contributed by atoms with Gasteiger partial charge in [0.25, 0.3) is 10.0 Å². The van der Waals surface area contributed by atoms with Crippen molar-refractivity contribution in [3.05, 3.63) is 42.0 Å². The Bertz CT molecular complexity index is 685. The number of nitrogens with one attached hydrogen (secondary N) is 1. The lowest BCUT2D eigenvalue weighted by Crippen LogP contribution is -2.12. The summed E-state index contributed by atoms with van der Waals surface area (Å²) in [5.41, 5.74) is 7.73. The molecule has 3 N–H and O–H groups in total. The largest absolute Gasteiger partial charge is 0.349 e. The standard InChI is InChI=1S/C13H18N4O2S/c1-3-17-9-13(5-12(17)6-14)20(18,19)16-11-4-10(2)7-15-8-11/h4-5,7-9,16H,3,6,14H2,1-2H3. The highest BCUT2D eigenvalue weighted by atomic mass is 32.2. The molecule has 0 unspecified atom stereocenters. The van der Waals surface area contributed by atoms with Gasteiger partial charge in [-0.3, -0.25) is 9.71 Å². The molecular formula is C13H18N4O2S. The van der Waals surface area contributed by atoms with Gasteiger partial charge in [-0.1, -0.05) is 0 Å². The first-order chi connectivity index (χ1) is 9.46. The average molecular weight is 294 g/mol. The molecule has 0 saturated heterocycles. The molecule has 7 heteroatoms. The molecule has 108 valence electrons. The molecule has 0 fully saturated rings. The summed E-state index contributed by atoms with van der Waals surface area (Å²) in [4.78, 5) is 4.17. The summed E-state index contributed by atoms with van der Waals surface area (Å²) in [7, 11) is -3.62. The molecule has 0 aromatic carbocycles. The number of aryl methyl sites for hydroxylation is 2. The third-order valence-electron chi connectivity index (χ3n) is 2.95. The SMILES string of the molecule is CCn1cc(S(=O)(=O)Nc2cncc(C)c2)cc1CN. The van der Waals surface area contributed by atoms with Crippen molar-refractivity contribution in [2.24, 2.45) is 5.73 Å².